The lowest BCUT2D eigenvalue weighted by molar-refractivity contribution is 0.145. The molecule has 7 heteroatoms. The second kappa shape index (κ2) is 11.7. The summed E-state index contributed by atoms with van der Waals surface area (Å²) >= 11 is 0. The Morgan fingerprint density at radius 2 is 1.93 bits per heavy atom. The second-order valence-corrected chi connectivity index (χ2v) is 6.47. The molecule has 2 rings (SSSR count). The zero-order valence-corrected chi connectivity index (χ0v) is 17.2. The van der Waals surface area contributed by atoms with Gasteiger partial charge < -0.3 is 24.4 Å². The van der Waals surface area contributed by atoms with Crippen molar-refractivity contribution in [3.8, 4) is 11.5 Å². The molecule has 0 radical (unpaired) electrons. The topological polar surface area (TPSA) is 58.6 Å². The fourth-order valence-corrected chi connectivity index (χ4v) is 3.22. The minimum Gasteiger partial charge on any atom is -0.497 e. The highest BCUT2D eigenvalue weighted by atomic mass is 16.5. The van der Waals surface area contributed by atoms with E-state index in [1.54, 1.807) is 14.2 Å². The standard InChI is InChI=1S/C20H34N4O3/c1-5-27-14-6-9-22-20(21-2)24-12-10-23(11-13-24)16-17-15-18(25-3)7-8-19(17)26-4/h7-8,15H,5-6,9-14,16H2,1-4H3,(H,21,22). The van der Waals surface area contributed by atoms with Crippen LogP contribution in [0.2, 0.25) is 0 Å². The van der Waals surface area contributed by atoms with Gasteiger partial charge in [-0.15, -0.1) is 0 Å². The zero-order chi connectivity index (χ0) is 19.5. The van der Waals surface area contributed by atoms with Crippen molar-refractivity contribution in [2.45, 2.75) is 19.9 Å². The number of methoxy groups -OCH3 is 2. The van der Waals surface area contributed by atoms with E-state index in [0.717, 1.165) is 81.9 Å². The van der Waals surface area contributed by atoms with E-state index in [1.165, 1.54) is 0 Å². The molecule has 0 aliphatic carbocycles. The molecule has 0 spiro atoms. The number of rotatable bonds is 9. The molecule has 0 bridgehead atoms. The normalized spacial score (nSPS) is 15.7. The van der Waals surface area contributed by atoms with E-state index in [9.17, 15) is 0 Å². The molecule has 1 aliphatic heterocycles. The van der Waals surface area contributed by atoms with Crippen molar-refractivity contribution in [3.05, 3.63) is 23.8 Å². The summed E-state index contributed by atoms with van der Waals surface area (Å²) in [6.45, 7) is 9.20. The van der Waals surface area contributed by atoms with Crippen molar-refractivity contribution in [3.63, 3.8) is 0 Å². The van der Waals surface area contributed by atoms with Crippen molar-refractivity contribution < 1.29 is 14.2 Å². The van der Waals surface area contributed by atoms with Crippen LogP contribution in [0.15, 0.2) is 23.2 Å². The molecule has 7 nitrogen and oxygen atoms in total. The number of guanidine groups is 1. The van der Waals surface area contributed by atoms with Gasteiger partial charge in [-0.1, -0.05) is 0 Å². The first-order chi connectivity index (χ1) is 13.2. The Labute approximate surface area is 163 Å². The summed E-state index contributed by atoms with van der Waals surface area (Å²) in [6.07, 6.45) is 0.989. The maximum Gasteiger partial charge on any atom is 0.193 e. The monoisotopic (exact) mass is 378 g/mol. The molecule has 1 N–H and O–H groups in total. The third-order valence-corrected chi connectivity index (χ3v) is 4.72. The first-order valence-electron chi connectivity index (χ1n) is 9.68. The van der Waals surface area contributed by atoms with Gasteiger partial charge in [-0.3, -0.25) is 9.89 Å². The molecule has 152 valence electrons. The van der Waals surface area contributed by atoms with Crippen LogP contribution in [0.3, 0.4) is 0 Å². The first-order valence-corrected chi connectivity index (χ1v) is 9.68. The summed E-state index contributed by atoms with van der Waals surface area (Å²) in [7, 11) is 5.25. The number of benzene rings is 1. The largest absolute Gasteiger partial charge is 0.497 e. The summed E-state index contributed by atoms with van der Waals surface area (Å²) in [5.74, 6) is 2.75. The average molecular weight is 379 g/mol. The molecule has 1 saturated heterocycles. The van der Waals surface area contributed by atoms with Gasteiger partial charge in [0.15, 0.2) is 5.96 Å². The van der Waals surface area contributed by atoms with Crippen molar-refractivity contribution in [2.24, 2.45) is 4.99 Å². The molecule has 0 aromatic heterocycles. The van der Waals surface area contributed by atoms with Crippen molar-refractivity contribution in [1.82, 2.24) is 15.1 Å². The predicted molar refractivity (Wildman–Crippen MR) is 109 cm³/mol. The number of nitrogens with zero attached hydrogens (tertiary/aromatic N) is 3. The highest BCUT2D eigenvalue weighted by Crippen LogP contribution is 2.25. The minimum absolute atomic E-state index is 0.773. The maximum absolute atomic E-state index is 5.50. The third-order valence-electron chi connectivity index (χ3n) is 4.72. The van der Waals surface area contributed by atoms with Gasteiger partial charge in [0.2, 0.25) is 0 Å². The van der Waals surface area contributed by atoms with E-state index in [-0.39, 0.29) is 0 Å². The van der Waals surface area contributed by atoms with E-state index in [0.29, 0.717) is 0 Å². The molecular formula is C20H34N4O3. The lowest BCUT2D eigenvalue weighted by atomic mass is 10.1. The quantitative estimate of drug-likeness (QED) is 0.402. The SMILES string of the molecule is CCOCCCNC(=NC)N1CCN(Cc2cc(OC)ccc2OC)CC1. The number of piperazine rings is 1. The molecule has 1 heterocycles. The van der Waals surface area contributed by atoms with Gasteiger partial charge >= 0.3 is 0 Å². The predicted octanol–water partition coefficient (Wildman–Crippen LogP) is 1.82. The number of hydrogen-bond acceptors (Lipinski definition) is 5. The Morgan fingerprint density at radius 1 is 1.15 bits per heavy atom. The Hall–Kier alpha value is -1.99. The Bertz CT molecular complexity index is 587. The van der Waals surface area contributed by atoms with Crippen LogP contribution in [0.4, 0.5) is 0 Å². The maximum atomic E-state index is 5.50. The van der Waals surface area contributed by atoms with E-state index in [1.807, 2.05) is 26.1 Å². The van der Waals surface area contributed by atoms with Gasteiger partial charge in [0.1, 0.15) is 11.5 Å². The van der Waals surface area contributed by atoms with Crippen LogP contribution >= 0.6 is 0 Å². The zero-order valence-electron chi connectivity index (χ0n) is 17.2. The Balaban J connectivity index is 1.82. The number of aliphatic imine (C=N–C) groups is 1. The van der Waals surface area contributed by atoms with Gasteiger partial charge in [-0.25, -0.2) is 0 Å². The summed E-state index contributed by atoms with van der Waals surface area (Å²) in [4.78, 5) is 9.18. The molecule has 0 amide bonds. The fraction of sp³-hybridized carbons (Fsp3) is 0.650. The summed E-state index contributed by atoms with van der Waals surface area (Å²) in [5, 5.41) is 3.44. The molecule has 0 unspecified atom stereocenters. The molecule has 1 aromatic rings. The van der Waals surface area contributed by atoms with Crippen LogP contribution in [0.5, 0.6) is 11.5 Å². The van der Waals surface area contributed by atoms with Gasteiger partial charge in [0, 0.05) is 65.1 Å². The van der Waals surface area contributed by atoms with Gasteiger partial charge in [0.05, 0.1) is 14.2 Å². The van der Waals surface area contributed by atoms with Crippen LogP contribution in [-0.4, -0.2) is 83.0 Å². The van der Waals surface area contributed by atoms with Crippen LogP contribution < -0.4 is 14.8 Å². The molecular weight excluding hydrogens is 344 g/mol. The van der Waals surface area contributed by atoms with E-state index in [2.05, 4.69) is 26.2 Å². The highest BCUT2D eigenvalue weighted by Gasteiger charge is 2.20. The number of ether oxygens (including phenoxy) is 3. The summed E-state index contributed by atoms with van der Waals surface area (Å²) in [5.41, 5.74) is 1.16. The lowest BCUT2D eigenvalue weighted by Gasteiger charge is -2.36. The number of nitrogens with one attached hydrogen (secondary N) is 1. The molecule has 1 aliphatic rings. The van der Waals surface area contributed by atoms with Crippen LogP contribution in [-0.2, 0) is 11.3 Å². The van der Waals surface area contributed by atoms with Crippen LogP contribution in [0.1, 0.15) is 18.9 Å². The van der Waals surface area contributed by atoms with Gasteiger partial charge in [-0.05, 0) is 31.5 Å². The van der Waals surface area contributed by atoms with Crippen molar-refractivity contribution in [2.75, 3.05) is 67.2 Å². The van der Waals surface area contributed by atoms with E-state index < -0.39 is 0 Å². The van der Waals surface area contributed by atoms with E-state index >= 15 is 0 Å². The minimum atomic E-state index is 0.773. The Kier molecular flexibility index (Phi) is 9.21. The third kappa shape index (κ3) is 6.59. The molecule has 27 heavy (non-hydrogen) atoms. The molecule has 1 fully saturated rings. The first kappa shape index (κ1) is 21.3. The van der Waals surface area contributed by atoms with Gasteiger partial charge in [-0.2, -0.15) is 0 Å². The second-order valence-electron chi connectivity index (χ2n) is 6.47. The summed E-state index contributed by atoms with van der Waals surface area (Å²) in [6, 6.07) is 5.96. The smallest absolute Gasteiger partial charge is 0.193 e. The lowest BCUT2D eigenvalue weighted by Crippen LogP contribution is -2.52. The fourth-order valence-electron chi connectivity index (χ4n) is 3.22. The van der Waals surface area contributed by atoms with E-state index in [4.69, 9.17) is 14.2 Å². The molecule has 0 atom stereocenters. The average Bonchev–Trinajstić information content (AvgIpc) is 2.71. The molecule has 0 saturated carbocycles. The van der Waals surface area contributed by atoms with Crippen LogP contribution in [0, 0.1) is 0 Å². The van der Waals surface area contributed by atoms with Crippen LogP contribution in [0.25, 0.3) is 0 Å². The van der Waals surface area contributed by atoms with Crippen molar-refractivity contribution in [1.29, 1.82) is 0 Å². The van der Waals surface area contributed by atoms with Crippen molar-refractivity contribution >= 4 is 5.96 Å². The van der Waals surface area contributed by atoms with Gasteiger partial charge in [0.25, 0.3) is 0 Å². The summed E-state index contributed by atoms with van der Waals surface area (Å²) < 4.78 is 16.2. The number of hydrogen-bond donors (Lipinski definition) is 1. The molecule has 1 aromatic carbocycles. The Morgan fingerprint density at radius 3 is 2.56 bits per heavy atom. The highest BCUT2D eigenvalue weighted by molar-refractivity contribution is 5.79.